The molecule has 0 aliphatic rings. The molecule has 0 aliphatic carbocycles. The second kappa shape index (κ2) is 4.08. The van der Waals surface area contributed by atoms with E-state index >= 15 is 0 Å². The van der Waals surface area contributed by atoms with Crippen molar-refractivity contribution < 1.29 is 9.90 Å². The molecule has 2 aromatic heterocycles. The number of H-pyrrole nitrogens is 1. The summed E-state index contributed by atoms with van der Waals surface area (Å²) in [5.41, 5.74) is 1.44. The molecule has 0 bridgehead atoms. The summed E-state index contributed by atoms with van der Waals surface area (Å²) in [6.45, 7) is 0. The Morgan fingerprint density at radius 1 is 1.67 bits per heavy atom. The number of aromatic nitrogens is 2. The Morgan fingerprint density at radius 2 is 2.47 bits per heavy atom. The normalized spacial score (nSPS) is 10.5. The lowest BCUT2D eigenvalue weighted by molar-refractivity contribution is 0.0703. The Labute approximate surface area is 94.3 Å². The molecule has 2 aromatic rings. The van der Waals surface area contributed by atoms with E-state index < -0.39 is 5.97 Å². The summed E-state index contributed by atoms with van der Waals surface area (Å²) in [4.78, 5) is 11.4. The summed E-state index contributed by atoms with van der Waals surface area (Å²) in [6.07, 6.45) is 3.53. The summed E-state index contributed by atoms with van der Waals surface area (Å²) >= 11 is 2.82. The van der Waals surface area contributed by atoms with Crippen LogP contribution >= 0.6 is 23.1 Å². The minimum Gasteiger partial charge on any atom is -0.477 e. The van der Waals surface area contributed by atoms with E-state index in [2.05, 4.69) is 10.2 Å². The lowest BCUT2D eigenvalue weighted by Crippen LogP contribution is -1.94. The predicted molar refractivity (Wildman–Crippen MR) is 60.6 cm³/mol. The summed E-state index contributed by atoms with van der Waals surface area (Å²) < 4.78 is 0.983. The van der Waals surface area contributed by atoms with Gasteiger partial charge < -0.3 is 5.11 Å². The van der Waals surface area contributed by atoms with Crippen LogP contribution in [0, 0.1) is 0 Å². The maximum atomic E-state index is 11.0. The van der Waals surface area contributed by atoms with Crippen LogP contribution < -0.4 is 0 Å². The first-order valence-corrected chi connectivity index (χ1v) is 6.17. The van der Waals surface area contributed by atoms with Gasteiger partial charge in [-0.2, -0.15) is 5.10 Å². The number of nitrogens with one attached hydrogen (secondary N) is 1. The van der Waals surface area contributed by atoms with Crippen molar-refractivity contribution in [2.45, 2.75) is 4.21 Å². The molecule has 0 saturated carbocycles. The predicted octanol–water partition coefficient (Wildman–Crippen LogP) is 2.56. The van der Waals surface area contributed by atoms with E-state index in [4.69, 9.17) is 5.11 Å². The lowest BCUT2D eigenvalue weighted by Gasteiger charge is -1.94. The maximum Gasteiger partial charge on any atom is 0.346 e. The first-order chi connectivity index (χ1) is 7.22. The van der Waals surface area contributed by atoms with Gasteiger partial charge >= 0.3 is 5.97 Å². The molecule has 15 heavy (non-hydrogen) atoms. The van der Waals surface area contributed by atoms with Gasteiger partial charge in [-0.15, -0.1) is 23.1 Å². The van der Waals surface area contributed by atoms with Crippen LogP contribution in [0.3, 0.4) is 0 Å². The monoisotopic (exact) mass is 240 g/mol. The first kappa shape index (κ1) is 10.3. The highest BCUT2D eigenvalue weighted by molar-refractivity contribution is 8.00. The smallest absolute Gasteiger partial charge is 0.346 e. The molecular formula is C9H8N2O2S2. The second-order valence-electron chi connectivity index (χ2n) is 2.79. The zero-order valence-electron chi connectivity index (χ0n) is 7.85. The third-order valence-corrected chi connectivity index (χ3v) is 4.08. The summed E-state index contributed by atoms with van der Waals surface area (Å²) in [6, 6.07) is 3.63. The van der Waals surface area contributed by atoms with Crippen LogP contribution in [0.2, 0.25) is 0 Å². The number of carbonyl (C=O) groups is 1. The Balaban J connectivity index is 2.54. The van der Waals surface area contributed by atoms with E-state index in [1.165, 1.54) is 23.1 Å². The van der Waals surface area contributed by atoms with Crippen molar-refractivity contribution in [1.82, 2.24) is 10.2 Å². The van der Waals surface area contributed by atoms with Crippen molar-refractivity contribution in [1.29, 1.82) is 0 Å². The highest BCUT2D eigenvalue weighted by Gasteiger charge is 2.17. The van der Waals surface area contributed by atoms with Gasteiger partial charge in [-0.05, 0) is 18.4 Å². The van der Waals surface area contributed by atoms with Gasteiger partial charge in [-0.3, -0.25) is 5.10 Å². The zero-order valence-corrected chi connectivity index (χ0v) is 9.48. The Bertz CT molecular complexity index is 476. The minimum atomic E-state index is -0.898. The number of carboxylic acids is 1. The van der Waals surface area contributed by atoms with Crippen molar-refractivity contribution >= 4 is 29.1 Å². The van der Waals surface area contributed by atoms with Crippen molar-refractivity contribution in [3.63, 3.8) is 0 Å². The van der Waals surface area contributed by atoms with Crippen molar-refractivity contribution in [2.75, 3.05) is 6.26 Å². The topological polar surface area (TPSA) is 66.0 Å². The molecule has 0 aromatic carbocycles. The highest BCUT2D eigenvalue weighted by Crippen LogP contribution is 2.34. The molecule has 6 heteroatoms. The number of rotatable bonds is 3. The zero-order chi connectivity index (χ0) is 10.8. The average molecular weight is 240 g/mol. The standard InChI is InChI=1S/C9H8N2O2S2/c1-14-7-4-5(6-2-3-10-11-6)8(15-7)9(12)13/h2-4H,1H3,(H,10,11)(H,12,13). The van der Waals surface area contributed by atoms with Crippen LogP contribution in [0.4, 0.5) is 0 Å². The maximum absolute atomic E-state index is 11.0. The second-order valence-corrected chi connectivity index (χ2v) is 4.95. The summed E-state index contributed by atoms with van der Waals surface area (Å²) in [5, 5.41) is 15.6. The van der Waals surface area contributed by atoms with Crippen LogP contribution in [0.5, 0.6) is 0 Å². The lowest BCUT2D eigenvalue weighted by atomic mass is 10.2. The molecule has 2 rings (SSSR count). The van der Waals surface area contributed by atoms with Crippen LogP contribution in [0.1, 0.15) is 9.67 Å². The molecule has 0 unspecified atom stereocenters. The average Bonchev–Trinajstić information content (AvgIpc) is 2.86. The molecule has 0 fully saturated rings. The molecule has 0 aliphatic heterocycles. The molecule has 2 N–H and O–H groups in total. The van der Waals surface area contributed by atoms with Crippen molar-refractivity contribution in [3.05, 3.63) is 23.2 Å². The Hall–Kier alpha value is -1.27. The molecule has 0 amide bonds. The van der Waals surface area contributed by atoms with Gasteiger partial charge in [0.15, 0.2) is 0 Å². The van der Waals surface area contributed by atoms with Crippen LogP contribution in [-0.2, 0) is 0 Å². The van der Waals surface area contributed by atoms with Gasteiger partial charge in [-0.25, -0.2) is 4.79 Å². The van der Waals surface area contributed by atoms with Gasteiger partial charge in [-0.1, -0.05) is 0 Å². The van der Waals surface area contributed by atoms with Gasteiger partial charge in [0.1, 0.15) is 4.88 Å². The van der Waals surface area contributed by atoms with Crippen LogP contribution in [0.15, 0.2) is 22.5 Å². The van der Waals surface area contributed by atoms with Gasteiger partial charge in [0.05, 0.1) is 9.90 Å². The molecule has 78 valence electrons. The molecule has 0 atom stereocenters. The number of carboxylic acid groups (broad SMARTS) is 1. The number of thiophene rings is 1. The van der Waals surface area contributed by atoms with E-state index in [0.717, 1.165) is 9.90 Å². The van der Waals surface area contributed by atoms with Gasteiger partial charge in [0.2, 0.25) is 0 Å². The SMILES string of the molecule is CSc1cc(-c2ccn[nH]2)c(C(=O)O)s1. The van der Waals surface area contributed by atoms with Crippen LogP contribution in [0.25, 0.3) is 11.3 Å². The summed E-state index contributed by atoms with van der Waals surface area (Å²) in [7, 11) is 0. The first-order valence-electron chi connectivity index (χ1n) is 4.13. The molecular weight excluding hydrogens is 232 g/mol. The summed E-state index contributed by atoms with van der Waals surface area (Å²) in [5.74, 6) is -0.898. The van der Waals surface area contributed by atoms with Crippen LogP contribution in [-0.4, -0.2) is 27.5 Å². The third-order valence-electron chi connectivity index (χ3n) is 1.90. The van der Waals surface area contributed by atoms with Crippen molar-refractivity contribution in [2.24, 2.45) is 0 Å². The van der Waals surface area contributed by atoms with E-state index in [-0.39, 0.29) is 0 Å². The minimum absolute atomic E-state index is 0.351. The van der Waals surface area contributed by atoms with E-state index in [0.29, 0.717) is 10.4 Å². The van der Waals surface area contributed by atoms with Gasteiger partial charge in [0, 0.05) is 11.8 Å². The molecule has 2 heterocycles. The molecule has 0 radical (unpaired) electrons. The molecule has 0 spiro atoms. The number of hydrogen-bond acceptors (Lipinski definition) is 4. The highest BCUT2D eigenvalue weighted by atomic mass is 32.2. The fourth-order valence-corrected chi connectivity index (χ4v) is 2.80. The molecule has 4 nitrogen and oxygen atoms in total. The Kier molecular flexibility index (Phi) is 2.79. The number of thioether (sulfide) groups is 1. The van der Waals surface area contributed by atoms with E-state index in [1.807, 2.05) is 12.3 Å². The largest absolute Gasteiger partial charge is 0.477 e. The number of hydrogen-bond donors (Lipinski definition) is 2. The Morgan fingerprint density at radius 3 is 3.00 bits per heavy atom. The quantitative estimate of drug-likeness (QED) is 0.809. The number of aromatic carboxylic acids is 1. The fraction of sp³-hybridized carbons (Fsp3) is 0.111. The number of aromatic amines is 1. The van der Waals surface area contributed by atoms with Crippen molar-refractivity contribution in [3.8, 4) is 11.3 Å². The molecule has 0 saturated heterocycles. The van der Waals surface area contributed by atoms with E-state index in [9.17, 15) is 4.79 Å². The van der Waals surface area contributed by atoms with E-state index in [1.54, 1.807) is 12.3 Å². The van der Waals surface area contributed by atoms with Gasteiger partial charge in [0.25, 0.3) is 0 Å². The fourth-order valence-electron chi connectivity index (χ4n) is 1.23. The number of nitrogens with zero attached hydrogens (tertiary/aromatic N) is 1. The third kappa shape index (κ3) is 1.91.